The fourth-order valence-electron chi connectivity index (χ4n) is 1.54. The van der Waals surface area contributed by atoms with E-state index in [4.69, 9.17) is 4.74 Å². The van der Waals surface area contributed by atoms with Gasteiger partial charge in [0.25, 0.3) is 0 Å². The molecule has 1 atom stereocenters. The van der Waals surface area contributed by atoms with Crippen LogP contribution in [0.5, 0.6) is 0 Å². The summed E-state index contributed by atoms with van der Waals surface area (Å²) in [4.78, 5) is 7.67. The van der Waals surface area contributed by atoms with E-state index in [1.165, 1.54) is 0 Å². The standard InChI is InChI=1S/C12H23N3O/c1-5-11(16-6-2)12-14-8-10(15-12)7-13-9(3)4/h8-9,11,13H,5-7H2,1-4H3,(H,14,15). The van der Waals surface area contributed by atoms with Crippen LogP contribution in [-0.4, -0.2) is 22.6 Å². The first-order chi connectivity index (χ1) is 7.67. The van der Waals surface area contributed by atoms with Gasteiger partial charge >= 0.3 is 0 Å². The van der Waals surface area contributed by atoms with Crippen LogP contribution in [0.1, 0.15) is 51.7 Å². The highest BCUT2D eigenvalue weighted by molar-refractivity contribution is 5.03. The summed E-state index contributed by atoms with van der Waals surface area (Å²) in [6.07, 6.45) is 2.92. The molecular formula is C12H23N3O. The quantitative estimate of drug-likeness (QED) is 0.749. The molecule has 1 heterocycles. The monoisotopic (exact) mass is 225 g/mol. The number of hydrogen-bond donors (Lipinski definition) is 2. The predicted octanol–water partition coefficient (Wildman–Crippen LogP) is 2.40. The summed E-state index contributed by atoms with van der Waals surface area (Å²) in [5.41, 5.74) is 1.11. The van der Waals surface area contributed by atoms with Crippen LogP contribution in [0.4, 0.5) is 0 Å². The SMILES string of the molecule is CCOC(CC)c1ncc(CNC(C)C)[nH]1. The topological polar surface area (TPSA) is 49.9 Å². The van der Waals surface area contributed by atoms with Gasteiger partial charge in [0.05, 0.1) is 0 Å². The third-order valence-electron chi connectivity index (χ3n) is 2.39. The van der Waals surface area contributed by atoms with Gasteiger partial charge in [0, 0.05) is 31.1 Å². The number of rotatable bonds is 7. The van der Waals surface area contributed by atoms with E-state index < -0.39 is 0 Å². The fraction of sp³-hybridized carbons (Fsp3) is 0.750. The van der Waals surface area contributed by atoms with Crippen molar-refractivity contribution in [3.8, 4) is 0 Å². The number of imidazole rings is 1. The highest BCUT2D eigenvalue weighted by Crippen LogP contribution is 2.17. The molecule has 0 aromatic carbocycles. The van der Waals surface area contributed by atoms with Crippen molar-refractivity contribution in [2.24, 2.45) is 0 Å². The average molecular weight is 225 g/mol. The molecule has 0 aliphatic rings. The van der Waals surface area contributed by atoms with Crippen LogP contribution in [-0.2, 0) is 11.3 Å². The second-order valence-corrected chi connectivity index (χ2v) is 4.18. The molecule has 1 rings (SSSR count). The van der Waals surface area contributed by atoms with Gasteiger partial charge in [-0.3, -0.25) is 0 Å². The molecule has 4 heteroatoms. The Bertz CT molecular complexity index is 296. The first-order valence-corrected chi connectivity index (χ1v) is 6.06. The molecule has 16 heavy (non-hydrogen) atoms. The van der Waals surface area contributed by atoms with Gasteiger partial charge in [0.15, 0.2) is 0 Å². The number of aromatic nitrogens is 2. The molecule has 0 amide bonds. The van der Waals surface area contributed by atoms with Crippen molar-refractivity contribution in [1.29, 1.82) is 0 Å². The van der Waals surface area contributed by atoms with E-state index in [1.807, 2.05) is 13.1 Å². The molecule has 0 aliphatic carbocycles. The lowest BCUT2D eigenvalue weighted by Gasteiger charge is -2.11. The molecule has 0 radical (unpaired) electrons. The first kappa shape index (κ1) is 13.2. The first-order valence-electron chi connectivity index (χ1n) is 6.06. The molecule has 92 valence electrons. The van der Waals surface area contributed by atoms with Gasteiger partial charge < -0.3 is 15.0 Å². The molecule has 0 fully saturated rings. The lowest BCUT2D eigenvalue weighted by atomic mass is 10.2. The Kier molecular flexibility index (Phi) is 5.49. The van der Waals surface area contributed by atoms with Crippen LogP contribution in [0.2, 0.25) is 0 Å². The van der Waals surface area contributed by atoms with Crippen molar-refractivity contribution >= 4 is 0 Å². The van der Waals surface area contributed by atoms with Crippen LogP contribution < -0.4 is 5.32 Å². The van der Waals surface area contributed by atoms with Gasteiger partial charge in [-0.15, -0.1) is 0 Å². The maximum absolute atomic E-state index is 5.60. The largest absolute Gasteiger partial charge is 0.371 e. The zero-order valence-electron chi connectivity index (χ0n) is 10.7. The maximum Gasteiger partial charge on any atom is 0.135 e. The van der Waals surface area contributed by atoms with Crippen LogP contribution in [0, 0.1) is 0 Å². The van der Waals surface area contributed by atoms with E-state index in [-0.39, 0.29) is 6.10 Å². The van der Waals surface area contributed by atoms with Gasteiger partial charge in [-0.05, 0) is 13.3 Å². The molecule has 0 aliphatic heterocycles. The minimum atomic E-state index is 0.0952. The number of hydrogen-bond acceptors (Lipinski definition) is 3. The van der Waals surface area contributed by atoms with E-state index >= 15 is 0 Å². The summed E-state index contributed by atoms with van der Waals surface area (Å²) in [6, 6.07) is 0.487. The van der Waals surface area contributed by atoms with Crippen molar-refractivity contribution in [3.05, 3.63) is 17.7 Å². The summed E-state index contributed by atoms with van der Waals surface area (Å²) in [6.45, 7) is 9.92. The summed E-state index contributed by atoms with van der Waals surface area (Å²) < 4.78 is 5.60. The highest BCUT2D eigenvalue weighted by atomic mass is 16.5. The van der Waals surface area contributed by atoms with Gasteiger partial charge in [-0.2, -0.15) is 0 Å². The molecule has 0 spiro atoms. The van der Waals surface area contributed by atoms with Crippen molar-refractivity contribution in [2.45, 2.75) is 52.8 Å². The van der Waals surface area contributed by atoms with E-state index in [0.29, 0.717) is 6.04 Å². The Morgan fingerprint density at radius 2 is 2.19 bits per heavy atom. The van der Waals surface area contributed by atoms with E-state index in [0.717, 1.165) is 31.1 Å². The third-order valence-corrected chi connectivity index (χ3v) is 2.39. The lowest BCUT2D eigenvalue weighted by Crippen LogP contribution is -2.22. The minimum Gasteiger partial charge on any atom is -0.371 e. The number of ether oxygens (including phenoxy) is 1. The van der Waals surface area contributed by atoms with Crippen molar-refractivity contribution in [3.63, 3.8) is 0 Å². The predicted molar refractivity (Wildman–Crippen MR) is 65.2 cm³/mol. The zero-order chi connectivity index (χ0) is 12.0. The Hall–Kier alpha value is -0.870. The number of nitrogens with zero attached hydrogens (tertiary/aromatic N) is 1. The van der Waals surface area contributed by atoms with E-state index in [1.54, 1.807) is 0 Å². The maximum atomic E-state index is 5.60. The number of aromatic amines is 1. The van der Waals surface area contributed by atoms with Crippen LogP contribution in [0.25, 0.3) is 0 Å². The molecule has 1 aromatic rings. The van der Waals surface area contributed by atoms with E-state index in [2.05, 4.69) is 36.1 Å². The molecule has 4 nitrogen and oxygen atoms in total. The molecule has 1 aromatic heterocycles. The van der Waals surface area contributed by atoms with Gasteiger partial charge in [0.1, 0.15) is 11.9 Å². The Morgan fingerprint density at radius 3 is 2.75 bits per heavy atom. The second-order valence-electron chi connectivity index (χ2n) is 4.18. The molecule has 0 saturated carbocycles. The fourth-order valence-corrected chi connectivity index (χ4v) is 1.54. The molecular weight excluding hydrogens is 202 g/mol. The van der Waals surface area contributed by atoms with Gasteiger partial charge in [-0.1, -0.05) is 20.8 Å². The third kappa shape index (κ3) is 3.94. The minimum absolute atomic E-state index is 0.0952. The zero-order valence-corrected chi connectivity index (χ0v) is 10.7. The number of H-pyrrole nitrogens is 1. The van der Waals surface area contributed by atoms with Crippen LogP contribution in [0.3, 0.4) is 0 Å². The highest BCUT2D eigenvalue weighted by Gasteiger charge is 2.12. The van der Waals surface area contributed by atoms with Gasteiger partial charge in [-0.25, -0.2) is 4.98 Å². The second kappa shape index (κ2) is 6.66. The average Bonchev–Trinajstić information content (AvgIpc) is 2.71. The molecule has 1 unspecified atom stereocenters. The summed E-state index contributed by atoms with van der Waals surface area (Å²) in [5, 5.41) is 3.35. The van der Waals surface area contributed by atoms with E-state index in [9.17, 15) is 0 Å². The summed E-state index contributed by atoms with van der Waals surface area (Å²) in [5.74, 6) is 0.935. The van der Waals surface area contributed by atoms with Crippen LogP contribution in [0.15, 0.2) is 6.20 Å². The number of nitrogens with one attached hydrogen (secondary N) is 2. The Balaban J connectivity index is 2.55. The van der Waals surface area contributed by atoms with Crippen molar-refractivity contribution in [1.82, 2.24) is 15.3 Å². The normalized spacial score (nSPS) is 13.3. The Labute approximate surface area is 97.8 Å². The molecule has 0 saturated heterocycles. The van der Waals surface area contributed by atoms with Gasteiger partial charge in [0.2, 0.25) is 0 Å². The lowest BCUT2D eigenvalue weighted by molar-refractivity contribution is 0.0540. The smallest absolute Gasteiger partial charge is 0.135 e. The van der Waals surface area contributed by atoms with Crippen molar-refractivity contribution in [2.75, 3.05) is 6.61 Å². The molecule has 2 N–H and O–H groups in total. The van der Waals surface area contributed by atoms with Crippen LogP contribution >= 0.6 is 0 Å². The Morgan fingerprint density at radius 1 is 1.44 bits per heavy atom. The summed E-state index contributed by atoms with van der Waals surface area (Å²) >= 11 is 0. The molecule has 0 bridgehead atoms. The van der Waals surface area contributed by atoms with Crippen molar-refractivity contribution < 1.29 is 4.74 Å². The summed E-state index contributed by atoms with van der Waals surface area (Å²) in [7, 11) is 0.